The Morgan fingerprint density at radius 2 is 2.00 bits per heavy atom. The maximum atomic E-state index is 12.6. The zero-order valence-corrected chi connectivity index (χ0v) is 15.8. The third kappa shape index (κ3) is 3.17. The lowest BCUT2D eigenvalue weighted by atomic mass is 10.1. The average molecular weight is 362 g/mol. The van der Waals surface area contributed by atoms with Crippen LogP contribution in [0.5, 0.6) is 0 Å². The second-order valence-electron chi connectivity index (χ2n) is 7.02. The van der Waals surface area contributed by atoms with Crippen molar-refractivity contribution in [1.82, 2.24) is 24.6 Å². The molecule has 1 amide bonds. The van der Waals surface area contributed by atoms with Crippen molar-refractivity contribution < 1.29 is 4.79 Å². The molecule has 7 heteroatoms. The van der Waals surface area contributed by atoms with E-state index in [9.17, 15) is 4.79 Å². The number of hydrogen-bond acceptors (Lipinski definition) is 4. The highest BCUT2D eigenvalue weighted by Gasteiger charge is 2.13. The normalized spacial score (nSPS) is 12.8. The Hall–Kier alpha value is -3.19. The van der Waals surface area contributed by atoms with Gasteiger partial charge in [0.25, 0.3) is 5.91 Å². The Balaban J connectivity index is 1.60. The Kier molecular flexibility index (Phi) is 4.16. The van der Waals surface area contributed by atoms with E-state index in [4.69, 9.17) is 0 Å². The maximum Gasteiger partial charge on any atom is 0.256 e. The molecule has 0 aliphatic carbocycles. The number of aromatic nitrogens is 4. The van der Waals surface area contributed by atoms with Gasteiger partial charge in [0, 0.05) is 47.4 Å². The number of aryl methyl sites for hydroxylation is 1. The van der Waals surface area contributed by atoms with Gasteiger partial charge < -0.3 is 15.2 Å². The highest BCUT2D eigenvalue weighted by molar-refractivity contribution is 6.06. The van der Waals surface area contributed by atoms with Gasteiger partial charge in [0.05, 0.1) is 17.2 Å². The van der Waals surface area contributed by atoms with E-state index < -0.39 is 0 Å². The zero-order chi connectivity index (χ0) is 19.1. The van der Waals surface area contributed by atoms with Gasteiger partial charge in [-0.05, 0) is 39.2 Å². The fourth-order valence-electron chi connectivity index (χ4n) is 3.09. The van der Waals surface area contributed by atoms with Gasteiger partial charge in [-0.2, -0.15) is 5.10 Å². The molecule has 7 nitrogen and oxygen atoms in total. The largest absolute Gasteiger partial charge is 0.357 e. The predicted molar refractivity (Wildman–Crippen MR) is 107 cm³/mol. The minimum atomic E-state index is -0.196. The Bertz CT molecular complexity index is 1140. The van der Waals surface area contributed by atoms with E-state index >= 15 is 0 Å². The topological polar surface area (TPSA) is 78.8 Å². The SMILES string of the molecule is CC(c1cc2cnc(NC(=O)c3ccc4cnn(C)c4c3)cc2[nH]1)N(C)C. The van der Waals surface area contributed by atoms with Crippen molar-refractivity contribution in [3.05, 3.63) is 54.0 Å². The molecule has 0 aliphatic heterocycles. The lowest BCUT2D eigenvalue weighted by Gasteiger charge is -2.17. The van der Waals surface area contributed by atoms with Gasteiger partial charge in [-0.15, -0.1) is 0 Å². The molecule has 1 unspecified atom stereocenters. The van der Waals surface area contributed by atoms with E-state index in [1.54, 1.807) is 23.1 Å². The van der Waals surface area contributed by atoms with Crippen LogP contribution >= 0.6 is 0 Å². The first-order chi connectivity index (χ1) is 12.9. The summed E-state index contributed by atoms with van der Waals surface area (Å²) in [6, 6.07) is 9.75. The number of nitrogens with zero attached hydrogens (tertiary/aromatic N) is 4. The smallest absolute Gasteiger partial charge is 0.256 e. The molecule has 0 spiro atoms. The number of fused-ring (bicyclic) bond motifs is 2. The molecule has 3 aromatic heterocycles. The molecule has 2 N–H and O–H groups in total. The number of benzene rings is 1. The van der Waals surface area contributed by atoms with Crippen molar-refractivity contribution in [3.8, 4) is 0 Å². The molecule has 1 atom stereocenters. The summed E-state index contributed by atoms with van der Waals surface area (Å²) in [4.78, 5) is 22.6. The Morgan fingerprint density at radius 1 is 1.19 bits per heavy atom. The van der Waals surface area contributed by atoms with Gasteiger partial charge in [-0.3, -0.25) is 9.48 Å². The molecule has 3 heterocycles. The second-order valence-corrected chi connectivity index (χ2v) is 7.02. The molecule has 4 rings (SSSR count). The van der Waals surface area contributed by atoms with E-state index in [1.165, 1.54) is 0 Å². The number of hydrogen-bond donors (Lipinski definition) is 2. The van der Waals surface area contributed by atoms with Crippen LogP contribution in [0.1, 0.15) is 29.0 Å². The first kappa shape index (κ1) is 17.2. The van der Waals surface area contributed by atoms with Crippen molar-refractivity contribution in [1.29, 1.82) is 0 Å². The summed E-state index contributed by atoms with van der Waals surface area (Å²) < 4.78 is 1.75. The third-order valence-corrected chi connectivity index (χ3v) is 5.00. The summed E-state index contributed by atoms with van der Waals surface area (Å²) in [7, 11) is 5.94. The highest BCUT2D eigenvalue weighted by atomic mass is 16.1. The Morgan fingerprint density at radius 3 is 2.78 bits per heavy atom. The van der Waals surface area contributed by atoms with Crippen molar-refractivity contribution in [2.24, 2.45) is 7.05 Å². The number of carbonyl (C=O) groups excluding carboxylic acids is 1. The van der Waals surface area contributed by atoms with Crippen LogP contribution < -0.4 is 5.32 Å². The highest BCUT2D eigenvalue weighted by Crippen LogP contribution is 2.24. The number of carbonyl (C=O) groups is 1. The van der Waals surface area contributed by atoms with Crippen molar-refractivity contribution in [2.75, 3.05) is 19.4 Å². The summed E-state index contributed by atoms with van der Waals surface area (Å²) in [6.45, 7) is 2.13. The number of aromatic amines is 1. The Labute approximate surface area is 157 Å². The van der Waals surface area contributed by atoms with Crippen LogP contribution in [0, 0.1) is 0 Å². The quantitative estimate of drug-likeness (QED) is 0.584. The third-order valence-electron chi connectivity index (χ3n) is 5.00. The molecule has 0 saturated heterocycles. The van der Waals surface area contributed by atoms with Gasteiger partial charge in [0.1, 0.15) is 5.82 Å². The fourth-order valence-corrected chi connectivity index (χ4v) is 3.09. The zero-order valence-electron chi connectivity index (χ0n) is 15.8. The molecule has 4 aromatic rings. The molecule has 0 bridgehead atoms. The summed E-state index contributed by atoms with van der Waals surface area (Å²) in [5.41, 5.74) is 3.55. The van der Waals surface area contributed by atoms with E-state index in [0.717, 1.165) is 27.5 Å². The fraction of sp³-hybridized carbons (Fsp3) is 0.250. The second kappa shape index (κ2) is 6.51. The predicted octanol–water partition coefficient (Wildman–Crippen LogP) is 3.32. The lowest BCUT2D eigenvalue weighted by molar-refractivity contribution is 0.102. The van der Waals surface area contributed by atoms with Crippen molar-refractivity contribution in [3.63, 3.8) is 0 Å². The van der Waals surface area contributed by atoms with Crippen LogP contribution in [-0.2, 0) is 7.05 Å². The standard InChI is InChI=1S/C20H22N6O/c1-12(25(2)3)16-7-15-10-21-19(9-17(15)23-16)24-20(27)13-5-6-14-11-22-26(4)18(14)8-13/h5-12,23H,1-4H3,(H,21,24,27). The monoisotopic (exact) mass is 362 g/mol. The maximum absolute atomic E-state index is 12.6. The number of amides is 1. The molecule has 1 aromatic carbocycles. The van der Waals surface area contributed by atoms with Gasteiger partial charge in [0.15, 0.2) is 0 Å². The van der Waals surface area contributed by atoms with Crippen LogP contribution in [0.3, 0.4) is 0 Å². The van der Waals surface area contributed by atoms with E-state index in [-0.39, 0.29) is 11.9 Å². The van der Waals surface area contributed by atoms with Gasteiger partial charge in [-0.1, -0.05) is 6.07 Å². The average Bonchev–Trinajstić information content (AvgIpc) is 3.24. The number of anilines is 1. The molecule has 27 heavy (non-hydrogen) atoms. The summed E-state index contributed by atoms with van der Waals surface area (Å²) in [5.74, 6) is 0.321. The number of pyridine rings is 1. The van der Waals surface area contributed by atoms with Crippen LogP contribution in [0.25, 0.3) is 21.8 Å². The van der Waals surface area contributed by atoms with E-state index in [0.29, 0.717) is 11.4 Å². The van der Waals surface area contributed by atoms with Crippen LogP contribution in [0.4, 0.5) is 5.82 Å². The number of H-pyrrole nitrogens is 1. The first-order valence-corrected chi connectivity index (χ1v) is 8.80. The van der Waals surface area contributed by atoms with Crippen LogP contribution in [0.2, 0.25) is 0 Å². The summed E-state index contributed by atoms with van der Waals surface area (Å²) in [5, 5.41) is 9.11. The number of nitrogens with one attached hydrogen (secondary N) is 2. The summed E-state index contributed by atoms with van der Waals surface area (Å²) >= 11 is 0. The number of rotatable bonds is 4. The molecule has 0 aliphatic rings. The minimum absolute atomic E-state index is 0.196. The van der Waals surface area contributed by atoms with Crippen molar-refractivity contribution >= 4 is 33.5 Å². The van der Waals surface area contributed by atoms with Crippen LogP contribution in [-0.4, -0.2) is 44.7 Å². The van der Waals surface area contributed by atoms with Crippen LogP contribution in [0.15, 0.2) is 42.7 Å². The van der Waals surface area contributed by atoms with Gasteiger partial charge in [0.2, 0.25) is 0 Å². The molecule has 0 fully saturated rings. The van der Waals surface area contributed by atoms with Gasteiger partial charge >= 0.3 is 0 Å². The molecule has 138 valence electrons. The van der Waals surface area contributed by atoms with E-state index in [2.05, 4.69) is 38.3 Å². The molecule has 0 radical (unpaired) electrons. The molecular weight excluding hydrogens is 340 g/mol. The molecular formula is C20H22N6O. The van der Waals surface area contributed by atoms with Gasteiger partial charge in [-0.25, -0.2) is 4.98 Å². The first-order valence-electron chi connectivity index (χ1n) is 8.80. The summed E-state index contributed by atoms with van der Waals surface area (Å²) in [6.07, 6.45) is 3.56. The lowest BCUT2D eigenvalue weighted by Crippen LogP contribution is -2.16. The minimum Gasteiger partial charge on any atom is -0.357 e. The molecule has 0 saturated carbocycles. The van der Waals surface area contributed by atoms with E-state index in [1.807, 2.05) is 39.3 Å². The van der Waals surface area contributed by atoms with Crippen molar-refractivity contribution in [2.45, 2.75) is 13.0 Å².